The topological polar surface area (TPSA) is 85.2 Å². The number of esters is 1. The van der Waals surface area contributed by atoms with Gasteiger partial charge in [0.1, 0.15) is 11.3 Å². The van der Waals surface area contributed by atoms with Gasteiger partial charge in [-0.1, -0.05) is 0 Å². The van der Waals surface area contributed by atoms with Gasteiger partial charge in [0.25, 0.3) is 6.43 Å². The van der Waals surface area contributed by atoms with Gasteiger partial charge in [0.15, 0.2) is 0 Å². The molecule has 1 heterocycles. The lowest BCUT2D eigenvalue weighted by Gasteiger charge is -2.07. The van der Waals surface area contributed by atoms with E-state index < -0.39 is 29.1 Å². The van der Waals surface area contributed by atoms with Crippen LogP contribution in [0, 0.1) is 0 Å². The molecule has 0 aromatic carbocycles. The quantitative estimate of drug-likeness (QED) is 0.763. The average molecular weight is 232 g/mol. The summed E-state index contributed by atoms with van der Waals surface area (Å²) in [7, 11) is 0. The summed E-state index contributed by atoms with van der Waals surface area (Å²) in [6.07, 6.45) is -2.06. The second-order valence-corrected chi connectivity index (χ2v) is 2.88. The van der Waals surface area contributed by atoms with Crippen LogP contribution in [0.25, 0.3) is 0 Å². The van der Waals surface area contributed by atoms with Crippen LogP contribution < -0.4 is 11.2 Å². The summed E-state index contributed by atoms with van der Waals surface area (Å²) in [5.74, 6) is -1.11. The molecule has 1 rings (SSSR count). The number of anilines is 1. The molecule has 88 valence electrons. The molecule has 5 nitrogen and oxygen atoms in total. The van der Waals surface area contributed by atoms with Crippen LogP contribution in [0.3, 0.4) is 0 Å². The van der Waals surface area contributed by atoms with Gasteiger partial charge in [-0.05, 0) is 6.92 Å². The Hall–Kier alpha value is -1.92. The first-order valence-electron chi connectivity index (χ1n) is 4.45. The van der Waals surface area contributed by atoms with Gasteiger partial charge in [-0.2, -0.15) is 0 Å². The molecule has 0 atom stereocenters. The van der Waals surface area contributed by atoms with Gasteiger partial charge in [-0.3, -0.25) is 4.79 Å². The smallest absolute Gasteiger partial charge is 0.344 e. The number of nitrogens with two attached hydrogens (primary N) is 1. The molecule has 0 saturated heterocycles. The van der Waals surface area contributed by atoms with Crippen molar-refractivity contribution in [2.24, 2.45) is 0 Å². The number of rotatable bonds is 3. The van der Waals surface area contributed by atoms with Gasteiger partial charge in [0.05, 0.1) is 12.3 Å². The Bertz CT molecular complexity index is 457. The number of alkyl halides is 2. The largest absolute Gasteiger partial charge is 0.462 e. The molecule has 0 radical (unpaired) electrons. The Morgan fingerprint density at radius 2 is 2.25 bits per heavy atom. The van der Waals surface area contributed by atoms with Crippen LogP contribution in [-0.4, -0.2) is 17.6 Å². The second-order valence-electron chi connectivity index (χ2n) is 2.88. The highest BCUT2D eigenvalue weighted by Crippen LogP contribution is 2.19. The molecule has 0 spiro atoms. The van der Waals surface area contributed by atoms with Gasteiger partial charge in [-0.25, -0.2) is 13.6 Å². The van der Waals surface area contributed by atoms with Crippen molar-refractivity contribution in [2.45, 2.75) is 13.3 Å². The summed E-state index contributed by atoms with van der Waals surface area (Å²) in [4.78, 5) is 24.9. The van der Waals surface area contributed by atoms with Crippen molar-refractivity contribution in [3.63, 3.8) is 0 Å². The summed E-state index contributed by atoms with van der Waals surface area (Å²) in [6.45, 7) is 1.48. The number of carbonyl (C=O) groups excluding carboxylic acids is 1. The average Bonchev–Trinajstić information content (AvgIpc) is 2.21. The minimum Gasteiger partial charge on any atom is -0.462 e. The molecule has 1 aromatic heterocycles. The summed E-state index contributed by atoms with van der Waals surface area (Å²) in [5.41, 5.74) is 2.44. The van der Waals surface area contributed by atoms with Gasteiger partial charge in [0, 0.05) is 6.20 Å². The molecule has 16 heavy (non-hydrogen) atoms. The van der Waals surface area contributed by atoms with Crippen LogP contribution in [0.15, 0.2) is 11.0 Å². The Kier molecular flexibility index (Phi) is 3.60. The molecule has 0 bridgehead atoms. The number of hydrogen-bond acceptors (Lipinski definition) is 4. The highest BCUT2D eigenvalue weighted by molar-refractivity contribution is 5.91. The molecule has 0 aliphatic rings. The lowest BCUT2D eigenvalue weighted by atomic mass is 10.1. The maximum Gasteiger partial charge on any atom is 0.344 e. The van der Waals surface area contributed by atoms with E-state index in [1.165, 1.54) is 6.92 Å². The molecule has 0 aliphatic carbocycles. The SMILES string of the molecule is CCOC(=O)c1c(C(F)F)[nH]cc(N)c1=O. The summed E-state index contributed by atoms with van der Waals surface area (Å²) in [5, 5.41) is 0. The van der Waals surface area contributed by atoms with E-state index in [1.54, 1.807) is 0 Å². The fourth-order valence-corrected chi connectivity index (χ4v) is 1.14. The number of pyridine rings is 1. The maximum absolute atomic E-state index is 12.5. The van der Waals surface area contributed by atoms with Crippen LogP contribution in [0.2, 0.25) is 0 Å². The van der Waals surface area contributed by atoms with Crippen LogP contribution >= 0.6 is 0 Å². The summed E-state index contributed by atoms with van der Waals surface area (Å²) < 4.78 is 29.5. The van der Waals surface area contributed by atoms with Crippen molar-refractivity contribution in [3.05, 3.63) is 27.7 Å². The molecule has 1 aromatic rings. The van der Waals surface area contributed by atoms with Gasteiger partial charge in [-0.15, -0.1) is 0 Å². The Morgan fingerprint density at radius 3 is 2.75 bits per heavy atom. The van der Waals surface area contributed by atoms with Crippen LogP contribution in [-0.2, 0) is 4.74 Å². The van der Waals surface area contributed by atoms with Gasteiger partial charge < -0.3 is 15.5 Å². The molecule has 7 heteroatoms. The number of aromatic nitrogens is 1. The number of aromatic amines is 1. The normalized spacial score (nSPS) is 10.5. The fourth-order valence-electron chi connectivity index (χ4n) is 1.14. The van der Waals surface area contributed by atoms with E-state index in [0.717, 1.165) is 6.20 Å². The zero-order valence-electron chi connectivity index (χ0n) is 8.42. The van der Waals surface area contributed by atoms with Gasteiger partial charge >= 0.3 is 5.97 Å². The first kappa shape index (κ1) is 12.2. The van der Waals surface area contributed by atoms with E-state index in [1.807, 2.05) is 0 Å². The number of hydrogen-bond donors (Lipinski definition) is 2. The number of H-pyrrole nitrogens is 1. The number of ether oxygens (including phenoxy) is 1. The third-order valence-corrected chi connectivity index (χ3v) is 1.84. The van der Waals surface area contributed by atoms with Crippen LogP contribution in [0.4, 0.5) is 14.5 Å². The zero-order valence-corrected chi connectivity index (χ0v) is 8.42. The Balaban J connectivity index is 3.37. The zero-order chi connectivity index (χ0) is 12.3. The molecule has 0 fully saturated rings. The number of carbonyl (C=O) groups is 1. The van der Waals surface area contributed by atoms with Crippen molar-refractivity contribution in [2.75, 3.05) is 12.3 Å². The number of halogens is 2. The van der Waals surface area contributed by atoms with Crippen molar-refractivity contribution < 1.29 is 18.3 Å². The number of nitrogen functional groups attached to an aromatic ring is 1. The predicted octanol–water partition coefficient (Wildman–Crippen LogP) is 1.07. The van der Waals surface area contributed by atoms with E-state index in [-0.39, 0.29) is 12.3 Å². The molecule has 0 aliphatic heterocycles. The molecular weight excluding hydrogens is 222 g/mol. The second kappa shape index (κ2) is 4.73. The molecular formula is C9H10F2N2O3. The Labute approximate surface area is 89.2 Å². The maximum atomic E-state index is 12.5. The third kappa shape index (κ3) is 2.18. The monoisotopic (exact) mass is 232 g/mol. The molecule has 0 amide bonds. The summed E-state index contributed by atoms with van der Waals surface area (Å²) >= 11 is 0. The molecule has 0 unspecified atom stereocenters. The fraction of sp³-hybridized carbons (Fsp3) is 0.333. The lowest BCUT2D eigenvalue weighted by Crippen LogP contribution is -2.23. The van der Waals surface area contributed by atoms with Crippen molar-refractivity contribution >= 4 is 11.7 Å². The van der Waals surface area contributed by atoms with Crippen molar-refractivity contribution in [3.8, 4) is 0 Å². The first-order valence-corrected chi connectivity index (χ1v) is 4.45. The van der Waals surface area contributed by atoms with Crippen LogP contribution in [0.5, 0.6) is 0 Å². The standard InChI is InChI=1S/C9H10F2N2O3/c1-2-16-9(15)5-6(8(10)11)13-3-4(12)7(5)14/h3,8H,2,12H2,1H3,(H,13,14). The first-order chi connectivity index (χ1) is 7.49. The van der Waals surface area contributed by atoms with Crippen molar-refractivity contribution in [1.82, 2.24) is 4.98 Å². The van der Waals surface area contributed by atoms with Crippen LogP contribution in [0.1, 0.15) is 29.4 Å². The summed E-state index contributed by atoms with van der Waals surface area (Å²) in [6, 6.07) is 0. The van der Waals surface area contributed by atoms with E-state index in [4.69, 9.17) is 5.73 Å². The number of nitrogens with one attached hydrogen (secondary N) is 1. The minimum atomic E-state index is -2.98. The van der Waals surface area contributed by atoms with Crippen molar-refractivity contribution in [1.29, 1.82) is 0 Å². The Morgan fingerprint density at radius 1 is 1.62 bits per heavy atom. The van der Waals surface area contributed by atoms with E-state index >= 15 is 0 Å². The lowest BCUT2D eigenvalue weighted by molar-refractivity contribution is 0.0512. The van der Waals surface area contributed by atoms with Gasteiger partial charge in [0.2, 0.25) is 5.43 Å². The predicted molar refractivity (Wildman–Crippen MR) is 52.4 cm³/mol. The third-order valence-electron chi connectivity index (χ3n) is 1.84. The van der Waals surface area contributed by atoms with E-state index in [9.17, 15) is 18.4 Å². The van der Waals surface area contributed by atoms with E-state index in [2.05, 4.69) is 9.72 Å². The van der Waals surface area contributed by atoms with E-state index in [0.29, 0.717) is 0 Å². The molecule has 0 saturated carbocycles. The minimum absolute atomic E-state index is 0.0181. The molecule has 3 N–H and O–H groups in total. The highest BCUT2D eigenvalue weighted by atomic mass is 19.3. The highest BCUT2D eigenvalue weighted by Gasteiger charge is 2.24.